The summed E-state index contributed by atoms with van der Waals surface area (Å²) >= 11 is 5.93. The fourth-order valence-corrected chi connectivity index (χ4v) is 3.44. The lowest BCUT2D eigenvalue weighted by molar-refractivity contribution is -0.288. The largest absolute Gasteiger partial charge is 0.417 e. The molecule has 3 aromatic rings. The smallest absolute Gasteiger partial charge is 0.380 e. The van der Waals surface area contributed by atoms with Crippen molar-refractivity contribution < 1.29 is 18.3 Å². The summed E-state index contributed by atoms with van der Waals surface area (Å²) in [5.41, 5.74) is -1.13. The fourth-order valence-electron chi connectivity index (χ4n) is 3.31. The SMILES string of the molecule is O[C@]1(C(F)(F)F)C[C@H](Nc2nnc(-c3ccc(Cl)cc3)c3ccccc23)C1. The summed E-state index contributed by atoms with van der Waals surface area (Å²) < 4.78 is 38.4. The molecule has 4 nitrogen and oxygen atoms in total. The highest BCUT2D eigenvalue weighted by Gasteiger charge is 2.61. The molecule has 0 atom stereocenters. The number of hydrogen-bond acceptors (Lipinski definition) is 4. The van der Waals surface area contributed by atoms with E-state index in [1.54, 1.807) is 12.1 Å². The zero-order valence-electron chi connectivity index (χ0n) is 14.0. The number of halogens is 4. The van der Waals surface area contributed by atoms with Crippen molar-refractivity contribution in [2.75, 3.05) is 5.32 Å². The number of nitrogens with one attached hydrogen (secondary N) is 1. The highest BCUT2D eigenvalue weighted by Crippen LogP contribution is 2.46. The lowest BCUT2D eigenvalue weighted by atomic mass is 9.75. The summed E-state index contributed by atoms with van der Waals surface area (Å²) in [4.78, 5) is 0. The quantitative estimate of drug-likeness (QED) is 0.670. The summed E-state index contributed by atoms with van der Waals surface area (Å²) in [6.45, 7) is 0. The molecule has 0 aliphatic heterocycles. The second-order valence-electron chi connectivity index (χ2n) is 6.73. The van der Waals surface area contributed by atoms with Gasteiger partial charge in [0.1, 0.15) is 5.69 Å². The number of anilines is 1. The Bertz CT molecular complexity index is 986. The second-order valence-corrected chi connectivity index (χ2v) is 7.16. The van der Waals surface area contributed by atoms with Crippen LogP contribution >= 0.6 is 11.6 Å². The molecule has 0 saturated heterocycles. The van der Waals surface area contributed by atoms with Crippen LogP contribution in [0.1, 0.15) is 12.8 Å². The van der Waals surface area contributed by atoms with Crippen LogP contribution in [0.5, 0.6) is 0 Å². The summed E-state index contributed by atoms with van der Waals surface area (Å²) in [6, 6.07) is 14.1. The average molecular weight is 394 g/mol. The van der Waals surface area contributed by atoms with Crippen LogP contribution < -0.4 is 5.32 Å². The molecular formula is C19H15ClF3N3O. The maximum atomic E-state index is 12.8. The van der Waals surface area contributed by atoms with E-state index in [1.165, 1.54) is 0 Å². The maximum absolute atomic E-state index is 12.8. The minimum atomic E-state index is -4.63. The van der Waals surface area contributed by atoms with Gasteiger partial charge in [-0.1, -0.05) is 48.0 Å². The van der Waals surface area contributed by atoms with Gasteiger partial charge >= 0.3 is 6.18 Å². The van der Waals surface area contributed by atoms with Crippen LogP contribution in [-0.4, -0.2) is 33.1 Å². The first kappa shape index (κ1) is 18.0. The predicted molar refractivity (Wildman–Crippen MR) is 97.6 cm³/mol. The Morgan fingerprint density at radius 3 is 2.26 bits per heavy atom. The van der Waals surface area contributed by atoms with Crippen LogP contribution in [0.15, 0.2) is 48.5 Å². The van der Waals surface area contributed by atoms with E-state index in [-0.39, 0.29) is 0 Å². The Labute approximate surface area is 158 Å². The van der Waals surface area contributed by atoms with Crippen molar-refractivity contribution in [1.29, 1.82) is 0 Å². The van der Waals surface area contributed by atoms with E-state index >= 15 is 0 Å². The predicted octanol–water partition coefficient (Wildman–Crippen LogP) is 4.82. The van der Waals surface area contributed by atoms with Crippen LogP contribution in [0.4, 0.5) is 19.0 Å². The summed E-state index contributed by atoms with van der Waals surface area (Å²) in [5.74, 6) is 0.400. The summed E-state index contributed by atoms with van der Waals surface area (Å²) in [7, 11) is 0. The highest BCUT2D eigenvalue weighted by molar-refractivity contribution is 6.30. The molecule has 1 fully saturated rings. The van der Waals surface area contributed by atoms with Crippen molar-refractivity contribution in [3.63, 3.8) is 0 Å². The van der Waals surface area contributed by atoms with Gasteiger partial charge in [0.25, 0.3) is 0 Å². The standard InChI is InChI=1S/C19H15ClF3N3O/c20-12-7-5-11(6-8-12)16-14-3-1-2-4-15(14)17(26-25-16)24-13-9-18(27,10-13)19(21,22)23/h1-8,13,27H,9-10H2,(H,24,26)/t13-,18+. The van der Waals surface area contributed by atoms with Crippen molar-refractivity contribution in [2.24, 2.45) is 0 Å². The molecule has 0 radical (unpaired) electrons. The number of benzene rings is 2. The number of rotatable bonds is 3. The lowest BCUT2D eigenvalue weighted by Gasteiger charge is -2.44. The molecule has 2 aromatic carbocycles. The van der Waals surface area contributed by atoms with Gasteiger partial charge in [-0.05, 0) is 12.1 Å². The highest BCUT2D eigenvalue weighted by atomic mass is 35.5. The third kappa shape index (κ3) is 3.21. The van der Waals surface area contributed by atoms with Crippen molar-refractivity contribution >= 4 is 28.2 Å². The molecule has 1 aliphatic rings. The van der Waals surface area contributed by atoms with Gasteiger partial charge < -0.3 is 10.4 Å². The molecule has 1 aromatic heterocycles. The monoisotopic (exact) mass is 393 g/mol. The molecule has 140 valence electrons. The van der Waals surface area contributed by atoms with Gasteiger partial charge in [0.2, 0.25) is 0 Å². The second kappa shape index (κ2) is 6.35. The van der Waals surface area contributed by atoms with Crippen molar-refractivity contribution in [2.45, 2.75) is 30.7 Å². The van der Waals surface area contributed by atoms with Gasteiger partial charge in [-0.25, -0.2) is 0 Å². The molecule has 0 amide bonds. The molecule has 1 heterocycles. The fraction of sp³-hybridized carbons (Fsp3) is 0.263. The van der Waals surface area contributed by atoms with Gasteiger partial charge in [-0.15, -0.1) is 10.2 Å². The number of fused-ring (bicyclic) bond motifs is 1. The Hall–Kier alpha value is -2.38. The molecule has 4 rings (SSSR count). The number of aromatic nitrogens is 2. The average Bonchev–Trinajstić information content (AvgIpc) is 2.60. The normalized spacial score (nSPS) is 22.5. The Balaban J connectivity index is 1.64. The minimum absolute atomic E-state index is 0.400. The molecular weight excluding hydrogens is 379 g/mol. The van der Waals surface area contributed by atoms with Crippen LogP contribution in [0, 0.1) is 0 Å². The van der Waals surface area contributed by atoms with E-state index in [9.17, 15) is 18.3 Å². The maximum Gasteiger partial charge on any atom is 0.417 e. The number of hydrogen-bond donors (Lipinski definition) is 2. The Morgan fingerprint density at radius 1 is 1.00 bits per heavy atom. The molecule has 27 heavy (non-hydrogen) atoms. The number of alkyl halides is 3. The van der Waals surface area contributed by atoms with Crippen molar-refractivity contribution in [3.05, 3.63) is 53.6 Å². The Morgan fingerprint density at radius 2 is 1.63 bits per heavy atom. The van der Waals surface area contributed by atoms with E-state index in [1.807, 2.05) is 36.4 Å². The van der Waals surface area contributed by atoms with Gasteiger partial charge in [-0.2, -0.15) is 13.2 Å². The van der Waals surface area contributed by atoms with Gasteiger partial charge in [0.15, 0.2) is 11.4 Å². The van der Waals surface area contributed by atoms with Crippen LogP contribution in [0.25, 0.3) is 22.0 Å². The molecule has 0 spiro atoms. The topological polar surface area (TPSA) is 58.0 Å². The van der Waals surface area contributed by atoms with Crippen LogP contribution in [0.2, 0.25) is 5.02 Å². The van der Waals surface area contributed by atoms with Crippen molar-refractivity contribution in [1.82, 2.24) is 10.2 Å². The molecule has 0 unspecified atom stereocenters. The minimum Gasteiger partial charge on any atom is -0.380 e. The number of nitrogens with zero attached hydrogens (tertiary/aromatic N) is 2. The first-order valence-electron chi connectivity index (χ1n) is 8.34. The number of aliphatic hydroxyl groups is 1. The third-order valence-corrected chi connectivity index (χ3v) is 5.09. The summed E-state index contributed by atoms with van der Waals surface area (Å²) in [5, 5.41) is 23.2. The van der Waals surface area contributed by atoms with E-state index in [0.29, 0.717) is 16.5 Å². The first-order valence-corrected chi connectivity index (χ1v) is 8.72. The molecule has 1 aliphatic carbocycles. The summed E-state index contributed by atoms with van der Waals surface area (Å²) in [6.07, 6.45) is -5.45. The van der Waals surface area contributed by atoms with Gasteiger partial charge in [0.05, 0.1) is 0 Å². The van der Waals surface area contributed by atoms with Crippen LogP contribution in [-0.2, 0) is 0 Å². The van der Waals surface area contributed by atoms with E-state index in [2.05, 4.69) is 15.5 Å². The van der Waals surface area contributed by atoms with Gasteiger partial charge in [0, 0.05) is 40.2 Å². The van der Waals surface area contributed by atoms with E-state index in [0.717, 1.165) is 16.3 Å². The van der Waals surface area contributed by atoms with Crippen LogP contribution in [0.3, 0.4) is 0 Å². The molecule has 0 bridgehead atoms. The molecule has 2 N–H and O–H groups in total. The zero-order valence-corrected chi connectivity index (χ0v) is 14.7. The molecule has 1 saturated carbocycles. The Kier molecular flexibility index (Phi) is 4.24. The zero-order chi connectivity index (χ0) is 19.2. The van der Waals surface area contributed by atoms with E-state index < -0.39 is 30.7 Å². The van der Waals surface area contributed by atoms with E-state index in [4.69, 9.17) is 11.6 Å². The first-order chi connectivity index (χ1) is 12.8. The van der Waals surface area contributed by atoms with Gasteiger partial charge in [-0.3, -0.25) is 0 Å². The molecule has 8 heteroatoms. The third-order valence-electron chi connectivity index (χ3n) is 4.84. The lowest BCUT2D eigenvalue weighted by Crippen LogP contribution is -2.59. The van der Waals surface area contributed by atoms with Crippen molar-refractivity contribution in [3.8, 4) is 11.3 Å².